The van der Waals surface area contributed by atoms with Gasteiger partial charge in [-0.15, -0.1) is 11.3 Å². The first-order valence-electron chi connectivity index (χ1n) is 6.24. The molecule has 0 radical (unpaired) electrons. The van der Waals surface area contributed by atoms with Gasteiger partial charge in [-0.05, 0) is 38.8 Å². The van der Waals surface area contributed by atoms with Gasteiger partial charge in [0.05, 0.1) is 5.69 Å². The van der Waals surface area contributed by atoms with E-state index in [0.717, 1.165) is 10.7 Å². The van der Waals surface area contributed by atoms with Crippen molar-refractivity contribution in [2.75, 3.05) is 6.54 Å². The molecule has 2 aromatic rings. The molecule has 1 aromatic carbocycles. The van der Waals surface area contributed by atoms with E-state index in [1.165, 1.54) is 21.6 Å². The van der Waals surface area contributed by atoms with E-state index in [4.69, 9.17) is 5.73 Å². The standard InChI is InChI=1S/C15H20N2S/c1-9-5-6-10(2)13(7-9)14(8-16)15-17-11(3)12(4)18-15/h5-7,14H,8,16H2,1-4H3. The van der Waals surface area contributed by atoms with Crippen molar-refractivity contribution in [3.63, 3.8) is 0 Å². The minimum Gasteiger partial charge on any atom is -0.329 e. The summed E-state index contributed by atoms with van der Waals surface area (Å²) in [7, 11) is 0. The maximum atomic E-state index is 5.98. The van der Waals surface area contributed by atoms with Crippen LogP contribution in [0.25, 0.3) is 0 Å². The molecule has 0 saturated heterocycles. The number of hydrogen-bond donors (Lipinski definition) is 1. The van der Waals surface area contributed by atoms with Crippen molar-refractivity contribution in [1.29, 1.82) is 0 Å². The zero-order chi connectivity index (χ0) is 13.3. The lowest BCUT2D eigenvalue weighted by Gasteiger charge is -2.16. The molecule has 18 heavy (non-hydrogen) atoms. The van der Waals surface area contributed by atoms with E-state index in [1.807, 2.05) is 0 Å². The average Bonchev–Trinajstić information content (AvgIpc) is 2.65. The van der Waals surface area contributed by atoms with Gasteiger partial charge in [0.15, 0.2) is 0 Å². The predicted molar refractivity (Wildman–Crippen MR) is 78.4 cm³/mol. The van der Waals surface area contributed by atoms with Crippen LogP contribution in [0.4, 0.5) is 0 Å². The van der Waals surface area contributed by atoms with E-state index >= 15 is 0 Å². The summed E-state index contributed by atoms with van der Waals surface area (Å²) in [4.78, 5) is 5.95. The number of aromatic nitrogens is 1. The fraction of sp³-hybridized carbons (Fsp3) is 0.400. The zero-order valence-electron chi connectivity index (χ0n) is 11.4. The van der Waals surface area contributed by atoms with Crippen molar-refractivity contribution >= 4 is 11.3 Å². The van der Waals surface area contributed by atoms with Gasteiger partial charge in [-0.3, -0.25) is 0 Å². The molecule has 0 spiro atoms. The molecular weight excluding hydrogens is 240 g/mol. The Morgan fingerprint density at radius 2 is 1.94 bits per heavy atom. The molecule has 0 amide bonds. The van der Waals surface area contributed by atoms with Crippen LogP contribution < -0.4 is 5.73 Å². The molecule has 3 heteroatoms. The SMILES string of the molecule is Cc1ccc(C)c(C(CN)c2nc(C)c(C)s2)c1. The lowest BCUT2D eigenvalue weighted by molar-refractivity contribution is 0.798. The van der Waals surface area contributed by atoms with Crippen LogP contribution in [0.3, 0.4) is 0 Å². The van der Waals surface area contributed by atoms with Gasteiger partial charge in [0.1, 0.15) is 5.01 Å². The molecule has 1 heterocycles. The highest BCUT2D eigenvalue weighted by Gasteiger charge is 2.19. The molecule has 96 valence electrons. The maximum Gasteiger partial charge on any atom is 0.102 e. The molecule has 1 aromatic heterocycles. The van der Waals surface area contributed by atoms with E-state index in [0.29, 0.717) is 6.54 Å². The first kappa shape index (κ1) is 13.2. The summed E-state index contributed by atoms with van der Waals surface area (Å²) in [6, 6.07) is 6.55. The van der Waals surface area contributed by atoms with Crippen LogP contribution in [0.15, 0.2) is 18.2 Å². The Hall–Kier alpha value is -1.19. The molecule has 1 unspecified atom stereocenters. The van der Waals surface area contributed by atoms with E-state index < -0.39 is 0 Å². The van der Waals surface area contributed by atoms with Crippen molar-refractivity contribution in [2.45, 2.75) is 33.6 Å². The van der Waals surface area contributed by atoms with Gasteiger partial charge in [0.2, 0.25) is 0 Å². The molecule has 0 aliphatic heterocycles. The van der Waals surface area contributed by atoms with Gasteiger partial charge in [-0.1, -0.05) is 23.8 Å². The molecule has 2 N–H and O–H groups in total. The molecule has 2 rings (SSSR count). The summed E-state index contributed by atoms with van der Waals surface area (Å²) in [5.41, 5.74) is 11.0. The number of hydrogen-bond acceptors (Lipinski definition) is 3. The number of nitrogens with two attached hydrogens (primary N) is 1. The second-order valence-electron chi connectivity index (χ2n) is 4.84. The Bertz CT molecular complexity index is 538. The maximum absolute atomic E-state index is 5.98. The Kier molecular flexibility index (Phi) is 3.83. The van der Waals surface area contributed by atoms with Crippen LogP contribution in [0.1, 0.15) is 38.2 Å². The summed E-state index contributed by atoms with van der Waals surface area (Å²) in [6.45, 7) is 9.05. The molecule has 0 aliphatic carbocycles. The third kappa shape index (κ3) is 2.47. The topological polar surface area (TPSA) is 38.9 Å². The van der Waals surface area contributed by atoms with Crippen LogP contribution in [0.5, 0.6) is 0 Å². The third-order valence-electron chi connectivity index (χ3n) is 3.39. The van der Waals surface area contributed by atoms with Gasteiger partial charge >= 0.3 is 0 Å². The number of nitrogens with zero attached hydrogens (tertiary/aromatic N) is 1. The Morgan fingerprint density at radius 3 is 2.50 bits per heavy atom. The van der Waals surface area contributed by atoms with Crippen molar-refractivity contribution in [1.82, 2.24) is 4.98 Å². The average molecular weight is 260 g/mol. The van der Waals surface area contributed by atoms with Crippen LogP contribution in [0.2, 0.25) is 0 Å². The summed E-state index contributed by atoms with van der Waals surface area (Å²) < 4.78 is 0. The van der Waals surface area contributed by atoms with Gasteiger partial charge in [0.25, 0.3) is 0 Å². The molecule has 1 atom stereocenters. The smallest absolute Gasteiger partial charge is 0.102 e. The first-order valence-corrected chi connectivity index (χ1v) is 7.05. The third-order valence-corrected chi connectivity index (χ3v) is 4.58. The highest BCUT2D eigenvalue weighted by atomic mass is 32.1. The fourth-order valence-corrected chi connectivity index (χ4v) is 3.20. The normalized spacial score (nSPS) is 12.7. The minimum absolute atomic E-state index is 0.224. The lowest BCUT2D eigenvalue weighted by Crippen LogP contribution is -2.15. The van der Waals surface area contributed by atoms with Crippen molar-refractivity contribution < 1.29 is 0 Å². The molecule has 2 nitrogen and oxygen atoms in total. The summed E-state index contributed by atoms with van der Waals surface area (Å²) >= 11 is 1.77. The van der Waals surface area contributed by atoms with Crippen LogP contribution >= 0.6 is 11.3 Å². The van der Waals surface area contributed by atoms with E-state index in [9.17, 15) is 0 Å². The summed E-state index contributed by atoms with van der Waals surface area (Å²) in [5, 5.41) is 1.14. The Balaban J connectivity index is 2.48. The molecule has 0 aliphatic rings. The number of thiazole rings is 1. The first-order chi connectivity index (χ1) is 8.52. The minimum atomic E-state index is 0.224. The Labute approximate surface area is 113 Å². The van der Waals surface area contributed by atoms with Crippen molar-refractivity contribution in [3.8, 4) is 0 Å². The fourth-order valence-electron chi connectivity index (χ4n) is 2.14. The second-order valence-corrected chi connectivity index (χ2v) is 6.08. The number of benzene rings is 1. The molecule has 0 bridgehead atoms. The predicted octanol–water partition coefficient (Wildman–Crippen LogP) is 3.47. The number of aryl methyl sites for hydroxylation is 4. The van der Waals surface area contributed by atoms with Crippen molar-refractivity contribution in [3.05, 3.63) is 50.5 Å². The van der Waals surface area contributed by atoms with E-state index in [2.05, 4.69) is 50.9 Å². The largest absolute Gasteiger partial charge is 0.329 e. The van der Waals surface area contributed by atoms with Gasteiger partial charge in [0, 0.05) is 17.3 Å². The number of rotatable bonds is 3. The molecule has 0 fully saturated rings. The van der Waals surface area contributed by atoms with E-state index in [1.54, 1.807) is 11.3 Å². The molecule has 0 saturated carbocycles. The summed E-state index contributed by atoms with van der Waals surface area (Å²) in [6.07, 6.45) is 0. The van der Waals surface area contributed by atoms with Gasteiger partial charge in [-0.2, -0.15) is 0 Å². The van der Waals surface area contributed by atoms with Crippen molar-refractivity contribution in [2.24, 2.45) is 5.73 Å². The van der Waals surface area contributed by atoms with Crippen LogP contribution in [0, 0.1) is 27.7 Å². The highest BCUT2D eigenvalue weighted by molar-refractivity contribution is 7.11. The Morgan fingerprint density at radius 1 is 1.22 bits per heavy atom. The monoisotopic (exact) mass is 260 g/mol. The molecular formula is C15H20N2S. The van der Waals surface area contributed by atoms with Crippen LogP contribution in [-0.4, -0.2) is 11.5 Å². The second kappa shape index (κ2) is 5.21. The zero-order valence-corrected chi connectivity index (χ0v) is 12.3. The van der Waals surface area contributed by atoms with Gasteiger partial charge < -0.3 is 5.73 Å². The van der Waals surface area contributed by atoms with E-state index in [-0.39, 0.29) is 5.92 Å². The summed E-state index contributed by atoms with van der Waals surface area (Å²) in [5.74, 6) is 0.224. The quantitative estimate of drug-likeness (QED) is 0.917. The highest BCUT2D eigenvalue weighted by Crippen LogP contribution is 2.31. The van der Waals surface area contributed by atoms with Crippen LogP contribution in [-0.2, 0) is 0 Å². The lowest BCUT2D eigenvalue weighted by atomic mass is 9.94. The van der Waals surface area contributed by atoms with Gasteiger partial charge in [-0.25, -0.2) is 4.98 Å².